The fourth-order valence-electron chi connectivity index (χ4n) is 2.27. The fraction of sp³-hybridized carbons (Fsp3) is 0.222. The molecule has 0 fully saturated rings. The van der Waals surface area contributed by atoms with E-state index in [2.05, 4.69) is 20.6 Å². The average molecular weight is 420 g/mol. The topological polar surface area (TPSA) is 93.2 Å². The smallest absolute Gasteiger partial charge is 0.350 e. The third-order valence-corrected chi connectivity index (χ3v) is 5.35. The molecular formula is C18H17FN4O3S2. The summed E-state index contributed by atoms with van der Waals surface area (Å²) in [7, 11) is 0. The molecule has 1 aromatic carbocycles. The van der Waals surface area contributed by atoms with Crippen molar-refractivity contribution in [2.75, 3.05) is 17.2 Å². The zero-order chi connectivity index (χ0) is 20.1. The Labute approximate surface area is 168 Å². The van der Waals surface area contributed by atoms with Crippen molar-refractivity contribution in [3.05, 3.63) is 51.7 Å². The van der Waals surface area contributed by atoms with Crippen molar-refractivity contribution < 1.29 is 18.7 Å². The molecule has 0 bridgehead atoms. The second-order valence-electron chi connectivity index (χ2n) is 5.65. The minimum absolute atomic E-state index is 0.0644. The number of aromatic nitrogens is 2. The summed E-state index contributed by atoms with van der Waals surface area (Å²) >= 11 is 2.42. The number of amides is 1. The molecule has 2 heterocycles. The van der Waals surface area contributed by atoms with Crippen LogP contribution >= 0.6 is 22.7 Å². The molecule has 3 aromatic rings. The van der Waals surface area contributed by atoms with E-state index in [0.717, 1.165) is 11.3 Å². The highest BCUT2D eigenvalue weighted by Crippen LogP contribution is 2.24. The number of carbonyl (C=O) groups excluding carboxylic acids is 2. The summed E-state index contributed by atoms with van der Waals surface area (Å²) in [5, 5.41) is 8.44. The Bertz CT molecular complexity index is 985. The molecule has 10 heteroatoms. The minimum Gasteiger partial charge on any atom is -0.462 e. The SMILES string of the molecule is CCOC(=O)c1sc(NC(=O)Cc2csc(Nc3ccc(F)cc3)n2)nc1C. The predicted octanol–water partition coefficient (Wildman–Crippen LogP) is 4.15. The molecule has 0 radical (unpaired) electrons. The zero-order valence-corrected chi connectivity index (χ0v) is 16.7. The maximum Gasteiger partial charge on any atom is 0.350 e. The highest BCUT2D eigenvalue weighted by atomic mass is 32.1. The zero-order valence-electron chi connectivity index (χ0n) is 15.1. The lowest BCUT2D eigenvalue weighted by molar-refractivity contribution is -0.115. The molecule has 0 unspecified atom stereocenters. The van der Waals surface area contributed by atoms with Crippen molar-refractivity contribution in [1.29, 1.82) is 0 Å². The molecule has 0 saturated heterocycles. The number of nitrogens with zero attached hydrogens (tertiary/aromatic N) is 2. The normalized spacial score (nSPS) is 10.5. The number of anilines is 3. The van der Waals surface area contributed by atoms with Crippen LogP contribution in [0.25, 0.3) is 0 Å². The van der Waals surface area contributed by atoms with Gasteiger partial charge >= 0.3 is 5.97 Å². The van der Waals surface area contributed by atoms with Crippen molar-refractivity contribution in [3.8, 4) is 0 Å². The van der Waals surface area contributed by atoms with Gasteiger partial charge in [0, 0.05) is 11.1 Å². The monoisotopic (exact) mass is 420 g/mol. The van der Waals surface area contributed by atoms with E-state index in [-0.39, 0.29) is 24.8 Å². The summed E-state index contributed by atoms with van der Waals surface area (Å²) < 4.78 is 17.9. The van der Waals surface area contributed by atoms with Crippen LogP contribution in [0.15, 0.2) is 29.6 Å². The van der Waals surface area contributed by atoms with Gasteiger partial charge in [0.2, 0.25) is 5.91 Å². The van der Waals surface area contributed by atoms with Gasteiger partial charge in [-0.1, -0.05) is 11.3 Å². The van der Waals surface area contributed by atoms with Crippen LogP contribution in [0.3, 0.4) is 0 Å². The number of hydrogen-bond donors (Lipinski definition) is 2. The molecule has 2 aromatic heterocycles. The van der Waals surface area contributed by atoms with Crippen molar-refractivity contribution in [2.24, 2.45) is 0 Å². The van der Waals surface area contributed by atoms with Gasteiger partial charge in [-0.2, -0.15) is 0 Å². The molecule has 146 valence electrons. The quantitative estimate of drug-likeness (QED) is 0.558. The van der Waals surface area contributed by atoms with E-state index in [1.807, 2.05) is 0 Å². The number of aryl methyl sites for hydroxylation is 1. The predicted molar refractivity (Wildman–Crippen MR) is 107 cm³/mol. The molecule has 0 saturated carbocycles. The Balaban J connectivity index is 1.58. The van der Waals surface area contributed by atoms with Gasteiger partial charge in [-0.25, -0.2) is 19.2 Å². The van der Waals surface area contributed by atoms with Crippen LogP contribution in [0.1, 0.15) is 28.0 Å². The van der Waals surface area contributed by atoms with Crippen molar-refractivity contribution >= 4 is 50.5 Å². The van der Waals surface area contributed by atoms with Gasteiger partial charge in [0.1, 0.15) is 10.7 Å². The molecule has 7 nitrogen and oxygen atoms in total. The summed E-state index contributed by atoms with van der Waals surface area (Å²) in [6, 6.07) is 5.92. The number of thiazole rings is 2. The lowest BCUT2D eigenvalue weighted by Crippen LogP contribution is -2.14. The van der Waals surface area contributed by atoms with Gasteiger partial charge in [0.05, 0.1) is 24.4 Å². The van der Waals surface area contributed by atoms with Gasteiger partial charge in [-0.3, -0.25) is 4.79 Å². The lowest BCUT2D eigenvalue weighted by atomic mass is 10.3. The third-order valence-electron chi connectivity index (χ3n) is 3.49. The number of benzene rings is 1. The van der Waals surface area contributed by atoms with Crippen LogP contribution in [0.4, 0.5) is 20.3 Å². The largest absolute Gasteiger partial charge is 0.462 e. The third kappa shape index (κ3) is 5.11. The average Bonchev–Trinajstić information content (AvgIpc) is 3.23. The summed E-state index contributed by atoms with van der Waals surface area (Å²) in [6.07, 6.45) is 0.0644. The number of nitrogens with one attached hydrogen (secondary N) is 2. The number of esters is 1. The van der Waals surface area contributed by atoms with Crippen LogP contribution in [0, 0.1) is 12.7 Å². The Morgan fingerprint density at radius 1 is 1.18 bits per heavy atom. The minimum atomic E-state index is -0.450. The van der Waals surface area contributed by atoms with Crippen LogP contribution < -0.4 is 10.6 Å². The van der Waals surface area contributed by atoms with Gasteiger partial charge in [-0.15, -0.1) is 11.3 Å². The maximum absolute atomic E-state index is 12.9. The van der Waals surface area contributed by atoms with Crippen molar-refractivity contribution in [1.82, 2.24) is 9.97 Å². The van der Waals surface area contributed by atoms with Crippen LogP contribution in [-0.4, -0.2) is 28.5 Å². The fourth-order valence-corrected chi connectivity index (χ4v) is 3.87. The molecule has 1 amide bonds. The van der Waals surface area contributed by atoms with Gasteiger partial charge in [0.15, 0.2) is 10.3 Å². The number of hydrogen-bond acceptors (Lipinski definition) is 8. The standard InChI is InChI=1S/C18H17FN4O3S2/c1-3-26-16(25)15-10(2)20-18(28-15)23-14(24)8-13-9-27-17(22-13)21-12-6-4-11(19)5-7-12/h4-7,9H,3,8H2,1-2H3,(H,21,22)(H,20,23,24). The molecular weight excluding hydrogens is 403 g/mol. The van der Waals surface area contributed by atoms with E-state index < -0.39 is 5.97 Å². The molecule has 0 aliphatic heterocycles. The Kier molecular flexibility index (Phi) is 6.32. The Morgan fingerprint density at radius 3 is 2.64 bits per heavy atom. The number of rotatable bonds is 7. The first-order valence-corrected chi connectivity index (χ1v) is 10.1. The van der Waals surface area contributed by atoms with Gasteiger partial charge in [-0.05, 0) is 38.1 Å². The number of carbonyl (C=O) groups is 2. The van der Waals surface area contributed by atoms with E-state index in [1.54, 1.807) is 31.4 Å². The highest BCUT2D eigenvalue weighted by Gasteiger charge is 2.18. The maximum atomic E-state index is 12.9. The second-order valence-corrected chi connectivity index (χ2v) is 7.51. The molecule has 3 rings (SSSR count). The van der Waals surface area contributed by atoms with Crippen molar-refractivity contribution in [3.63, 3.8) is 0 Å². The first-order chi connectivity index (χ1) is 13.4. The van der Waals surface area contributed by atoms with Crippen LogP contribution in [0.5, 0.6) is 0 Å². The Morgan fingerprint density at radius 2 is 1.93 bits per heavy atom. The van der Waals surface area contributed by atoms with Crippen LogP contribution in [-0.2, 0) is 16.0 Å². The molecule has 0 spiro atoms. The van der Waals surface area contributed by atoms with Gasteiger partial charge in [0.25, 0.3) is 0 Å². The van der Waals surface area contributed by atoms with E-state index in [1.165, 1.54) is 23.5 Å². The Hall–Kier alpha value is -2.85. The number of halogens is 1. The molecule has 0 aliphatic rings. The summed E-state index contributed by atoms with van der Waals surface area (Å²) in [4.78, 5) is 33.0. The van der Waals surface area contributed by atoms with Gasteiger partial charge < -0.3 is 15.4 Å². The highest BCUT2D eigenvalue weighted by molar-refractivity contribution is 7.17. The van der Waals surface area contributed by atoms with E-state index >= 15 is 0 Å². The molecule has 0 aliphatic carbocycles. The molecule has 28 heavy (non-hydrogen) atoms. The van der Waals surface area contributed by atoms with Crippen LogP contribution in [0.2, 0.25) is 0 Å². The number of ether oxygens (including phenoxy) is 1. The summed E-state index contributed by atoms with van der Waals surface area (Å²) in [5.41, 5.74) is 1.81. The van der Waals surface area contributed by atoms with E-state index in [9.17, 15) is 14.0 Å². The molecule has 2 N–H and O–H groups in total. The first kappa shape index (κ1) is 19.9. The second kappa shape index (κ2) is 8.89. The van der Waals surface area contributed by atoms with E-state index in [4.69, 9.17) is 4.74 Å². The van der Waals surface area contributed by atoms with E-state index in [0.29, 0.717) is 32.2 Å². The lowest BCUT2D eigenvalue weighted by Gasteiger charge is -2.02. The molecule has 0 atom stereocenters. The van der Waals surface area contributed by atoms with Crippen molar-refractivity contribution in [2.45, 2.75) is 20.3 Å². The summed E-state index contributed by atoms with van der Waals surface area (Å²) in [6.45, 7) is 3.69. The summed E-state index contributed by atoms with van der Waals surface area (Å²) in [5.74, 6) is -1.05. The first-order valence-electron chi connectivity index (χ1n) is 8.36.